The Morgan fingerprint density at radius 3 is 2.36 bits per heavy atom. The molecule has 0 saturated carbocycles. The first-order valence-corrected chi connectivity index (χ1v) is 10.1. The molecule has 1 aliphatic rings. The second-order valence-electron chi connectivity index (χ2n) is 3.92. The molecule has 1 rings (SSSR count). The molecule has 0 radical (unpaired) electrons. The molecule has 86 valence electrons. The molecule has 0 aliphatic carbocycles. The molecule has 1 saturated heterocycles. The topological polar surface area (TPSA) is 0 Å². The van der Waals surface area contributed by atoms with Gasteiger partial charge in [0, 0.05) is 0 Å². The molecule has 0 spiro atoms. The normalized spacial score (nSPS) is 19.3. The van der Waals surface area contributed by atoms with Crippen LogP contribution in [0.3, 0.4) is 0 Å². The van der Waals surface area contributed by atoms with E-state index in [0.29, 0.717) is 0 Å². The van der Waals surface area contributed by atoms with Crippen molar-refractivity contribution >= 4 is 29.8 Å². The molecule has 3 heteroatoms. The number of rotatable bonds is 6. The Balaban J connectivity index is 0.00000169. The van der Waals surface area contributed by atoms with Crippen LogP contribution < -0.4 is 17.0 Å². The molecular formula is C11H22Br2Se. The smallest absolute Gasteiger partial charge is 1.00 e. The molecule has 1 fully saturated rings. The maximum absolute atomic E-state index is 3.71. The van der Waals surface area contributed by atoms with Gasteiger partial charge < -0.3 is 17.0 Å². The van der Waals surface area contributed by atoms with Crippen molar-refractivity contribution < 1.29 is 17.0 Å². The summed E-state index contributed by atoms with van der Waals surface area (Å²) in [5, 5.41) is 4.55. The number of unbranched alkanes of at least 4 members (excludes halogenated alkanes) is 2. The van der Waals surface area contributed by atoms with E-state index in [1.165, 1.54) is 31.0 Å². The van der Waals surface area contributed by atoms with Crippen molar-refractivity contribution in [3.63, 3.8) is 0 Å². The third-order valence-electron chi connectivity index (χ3n) is 2.84. The van der Waals surface area contributed by atoms with E-state index < -0.39 is 0 Å². The molecule has 0 aromatic heterocycles. The summed E-state index contributed by atoms with van der Waals surface area (Å²) in [5.41, 5.74) is 0. The summed E-state index contributed by atoms with van der Waals surface area (Å²) >= 11 is 3.56. The van der Waals surface area contributed by atoms with E-state index in [9.17, 15) is 0 Å². The van der Waals surface area contributed by atoms with Crippen molar-refractivity contribution in [3.05, 3.63) is 0 Å². The molecular weight excluding hydrogens is 371 g/mol. The zero-order chi connectivity index (χ0) is 9.52. The fourth-order valence-corrected chi connectivity index (χ4v) is 9.89. The van der Waals surface area contributed by atoms with Crippen LogP contribution in [0.1, 0.15) is 45.4 Å². The monoisotopic (exact) mass is 392 g/mol. The first-order valence-electron chi connectivity index (χ1n) is 5.60. The van der Waals surface area contributed by atoms with Crippen LogP contribution in [0.5, 0.6) is 0 Å². The Morgan fingerprint density at radius 2 is 1.86 bits per heavy atom. The third kappa shape index (κ3) is 5.53. The number of halogens is 2. The van der Waals surface area contributed by atoms with E-state index in [2.05, 4.69) is 22.9 Å². The first-order chi connectivity index (χ1) is 6.38. The SMILES string of the molecule is CCCCCC(CBr)[Se+]1CCCC1.[Br-]. The quantitative estimate of drug-likeness (QED) is 0.366. The van der Waals surface area contributed by atoms with E-state index in [1.54, 1.807) is 23.5 Å². The van der Waals surface area contributed by atoms with Gasteiger partial charge in [0.25, 0.3) is 0 Å². The van der Waals surface area contributed by atoms with Gasteiger partial charge in [0.2, 0.25) is 0 Å². The number of alkyl halides is 1. The van der Waals surface area contributed by atoms with Gasteiger partial charge in [-0.1, -0.05) is 0 Å². The van der Waals surface area contributed by atoms with Gasteiger partial charge >= 0.3 is 96.1 Å². The van der Waals surface area contributed by atoms with Crippen molar-refractivity contribution in [2.75, 3.05) is 5.33 Å². The van der Waals surface area contributed by atoms with E-state index in [4.69, 9.17) is 0 Å². The first kappa shape index (κ1) is 15.5. The average Bonchev–Trinajstić information content (AvgIpc) is 2.65. The zero-order valence-electron chi connectivity index (χ0n) is 9.11. The standard InChI is InChI=1S/C11H22BrSe.BrH/c1-2-3-4-7-11(10-12)13-8-5-6-9-13;/h11H,2-10H2,1H3;1H/q+1;/p-1. The van der Waals surface area contributed by atoms with E-state index in [-0.39, 0.29) is 30.9 Å². The molecule has 1 aliphatic heterocycles. The van der Waals surface area contributed by atoms with Gasteiger partial charge in [-0.25, -0.2) is 0 Å². The van der Waals surface area contributed by atoms with Crippen molar-refractivity contribution in [1.82, 2.24) is 0 Å². The fourth-order valence-electron chi connectivity index (χ4n) is 1.97. The summed E-state index contributed by atoms with van der Waals surface area (Å²) in [6.45, 7) is 2.30. The maximum Gasteiger partial charge on any atom is -1.00 e. The van der Waals surface area contributed by atoms with Crippen LogP contribution in [0, 0.1) is 0 Å². The predicted molar refractivity (Wildman–Crippen MR) is 66.3 cm³/mol. The summed E-state index contributed by atoms with van der Waals surface area (Å²) in [7, 11) is 0. The largest absolute Gasteiger partial charge is 1.00 e. The maximum atomic E-state index is 3.71. The molecule has 0 nitrogen and oxygen atoms in total. The molecule has 0 amide bonds. The van der Waals surface area contributed by atoms with Gasteiger partial charge in [0.05, 0.1) is 0 Å². The summed E-state index contributed by atoms with van der Waals surface area (Å²) in [6.07, 6.45) is 8.91. The number of hydrogen-bond acceptors (Lipinski definition) is 0. The second kappa shape index (κ2) is 9.69. The Morgan fingerprint density at radius 1 is 1.21 bits per heavy atom. The summed E-state index contributed by atoms with van der Waals surface area (Å²) in [6, 6.07) is 0. The molecule has 0 bridgehead atoms. The minimum absolute atomic E-state index is 0. The van der Waals surface area contributed by atoms with Crippen LogP contribution in [0.15, 0.2) is 0 Å². The molecule has 1 atom stereocenters. The summed E-state index contributed by atoms with van der Waals surface area (Å²) < 4.78 is 0. The second-order valence-corrected chi connectivity index (χ2v) is 9.94. The average molecular weight is 393 g/mol. The fraction of sp³-hybridized carbons (Fsp3) is 1.00. The van der Waals surface area contributed by atoms with Crippen LogP contribution in [-0.4, -0.2) is 19.2 Å². The van der Waals surface area contributed by atoms with Crippen molar-refractivity contribution in [1.29, 1.82) is 0 Å². The van der Waals surface area contributed by atoms with E-state index in [0.717, 1.165) is 4.82 Å². The molecule has 0 aromatic carbocycles. The van der Waals surface area contributed by atoms with Crippen molar-refractivity contribution in [2.24, 2.45) is 0 Å². The Kier molecular flexibility index (Phi) is 10.7. The van der Waals surface area contributed by atoms with Crippen LogP contribution in [0.2, 0.25) is 15.5 Å². The number of hydrogen-bond donors (Lipinski definition) is 0. The summed E-state index contributed by atoms with van der Waals surface area (Å²) in [4.78, 5) is 1.11. The Bertz CT molecular complexity index is 124. The van der Waals surface area contributed by atoms with Crippen LogP contribution >= 0.6 is 15.9 Å². The Labute approximate surface area is 112 Å². The zero-order valence-corrected chi connectivity index (χ0v) is 14.0. The van der Waals surface area contributed by atoms with Crippen LogP contribution in [-0.2, 0) is 0 Å². The molecule has 14 heavy (non-hydrogen) atoms. The van der Waals surface area contributed by atoms with Gasteiger partial charge in [0.1, 0.15) is 0 Å². The van der Waals surface area contributed by atoms with Crippen molar-refractivity contribution in [3.8, 4) is 0 Å². The molecule has 0 N–H and O–H groups in total. The third-order valence-corrected chi connectivity index (χ3v) is 10.8. The Hall–Kier alpha value is 1.48. The molecule has 0 aromatic rings. The van der Waals surface area contributed by atoms with Crippen molar-refractivity contribution in [2.45, 2.75) is 60.9 Å². The van der Waals surface area contributed by atoms with Crippen LogP contribution in [0.4, 0.5) is 0 Å². The predicted octanol–water partition coefficient (Wildman–Crippen LogP) is 1.62. The van der Waals surface area contributed by atoms with Crippen LogP contribution in [0.25, 0.3) is 0 Å². The van der Waals surface area contributed by atoms with Gasteiger partial charge in [-0.2, -0.15) is 0 Å². The minimum Gasteiger partial charge on any atom is -1.00 e. The van der Waals surface area contributed by atoms with Gasteiger partial charge in [-0.3, -0.25) is 0 Å². The van der Waals surface area contributed by atoms with E-state index in [1.807, 2.05) is 0 Å². The minimum atomic E-state index is -0.152. The van der Waals surface area contributed by atoms with Gasteiger partial charge in [-0.15, -0.1) is 0 Å². The van der Waals surface area contributed by atoms with E-state index >= 15 is 0 Å². The summed E-state index contributed by atoms with van der Waals surface area (Å²) in [5.74, 6) is 0. The van der Waals surface area contributed by atoms with Gasteiger partial charge in [0.15, 0.2) is 0 Å². The van der Waals surface area contributed by atoms with Gasteiger partial charge in [-0.05, 0) is 0 Å². The molecule has 1 unspecified atom stereocenters. The molecule has 1 heterocycles.